The lowest BCUT2D eigenvalue weighted by Gasteiger charge is -2.35. The highest BCUT2D eigenvalue weighted by molar-refractivity contribution is 5.93. The van der Waals surface area contributed by atoms with E-state index in [-0.39, 0.29) is 11.3 Å². The van der Waals surface area contributed by atoms with Gasteiger partial charge in [0, 0.05) is 56.5 Å². The number of carbonyl (C=O) groups is 1. The number of hydrogen-bond donors (Lipinski definition) is 1. The molecule has 1 aliphatic rings. The van der Waals surface area contributed by atoms with Gasteiger partial charge >= 0.3 is 0 Å². The SMILES string of the molecule is COc1cc(C)c(CN2CCN(Cc3ccc(C(N)=O)cc3[N+](=O)[O-])CC2)cc1OC. The molecule has 1 fully saturated rings. The van der Waals surface area contributed by atoms with Crippen molar-refractivity contribution in [3.63, 3.8) is 0 Å². The third kappa shape index (κ3) is 5.31. The van der Waals surface area contributed by atoms with Crippen LogP contribution >= 0.6 is 0 Å². The van der Waals surface area contributed by atoms with Gasteiger partial charge in [-0.25, -0.2) is 0 Å². The Bertz CT molecular complexity index is 971. The number of amides is 1. The molecule has 0 aromatic heterocycles. The van der Waals surface area contributed by atoms with Crippen molar-refractivity contribution in [2.75, 3.05) is 40.4 Å². The molecule has 0 unspecified atom stereocenters. The number of nitrogens with two attached hydrogens (primary N) is 1. The number of rotatable bonds is 8. The van der Waals surface area contributed by atoms with E-state index in [1.165, 1.54) is 11.6 Å². The predicted octanol–water partition coefficient (Wildman–Crippen LogP) is 2.34. The fourth-order valence-electron chi connectivity index (χ4n) is 3.80. The van der Waals surface area contributed by atoms with Crippen LogP contribution in [0.1, 0.15) is 27.0 Å². The van der Waals surface area contributed by atoms with E-state index in [0.717, 1.165) is 44.0 Å². The lowest BCUT2D eigenvalue weighted by molar-refractivity contribution is -0.385. The summed E-state index contributed by atoms with van der Waals surface area (Å²) in [4.78, 5) is 26.8. The van der Waals surface area contributed by atoms with Crippen molar-refractivity contribution >= 4 is 11.6 Å². The van der Waals surface area contributed by atoms with Crippen molar-refractivity contribution in [2.45, 2.75) is 20.0 Å². The summed E-state index contributed by atoms with van der Waals surface area (Å²) in [7, 11) is 3.26. The monoisotopic (exact) mass is 428 g/mol. The zero-order chi connectivity index (χ0) is 22.5. The summed E-state index contributed by atoms with van der Waals surface area (Å²) in [5, 5.41) is 11.4. The molecular formula is C22H28N4O5. The van der Waals surface area contributed by atoms with Crippen molar-refractivity contribution in [1.29, 1.82) is 0 Å². The number of ether oxygens (including phenoxy) is 2. The number of methoxy groups -OCH3 is 2. The maximum Gasteiger partial charge on any atom is 0.274 e. The van der Waals surface area contributed by atoms with Crippen LogP contribution in [0.4, 0.5) is 5.69 Å². The Hall–Kier alpha value is -3.17. The van der Waals surface area contributed by atoms with Gasteiger partial charge in [0.05, 0.1) is 19.1 Å². The minimum atomic E-state index is -0.672. The first-order valence-electron chi connectivity index (χ1n) is 10.1. The second-order valence-electron chi connectivity index (χ2n) is 7.65. The van der Waals surface area contributed by atoms with Crippen molar-refractivity contribution in [3.8, 4) is 11.5 Å². The van der Waals surface area contributed by atoms with E-state index < -0.39 is 10.8 Å². The van der Waals surface area contributed by atoms with Crippen LogP contribution in [0.2, 0.25) is 0 Å². The van der Waals surface area contributed by atoms with Crippen molar-refractivity contribution in [2.24, 2.45) is 5.73 Å². The standard InChI is InChI=1S/C22H28N4O5/c1-15-10-20(30-2)21(31-3)12-18(15)14-25-8-6-24(7-9-25)13-17-5-4-16(22(23)27)11-19(17)26(28)29/h4-5,10-12H,6-9,13-14H2,1-3H3,(H2,23,27). The molecule has 2 N–H and O–H groups in total. The molecule has 31 heavy (non-hydrogen) atoms. The number of hydrogen-bond acceptors (Lipinski definition) is 7. The lowest BCUT2D eigenvalue weighted by Crippen LogP contribution is -2.45. The number of carbonyl (C=O) groups excluding carboxylic acids is 1. The third-order valence-corrected chi connectivity index (χ3v) is 5.66. The molecule has 0 spiro atoms. The van der Waals surface area contributed by atoms with Crippen LogP contribution in [0.3, 0.4) is 0 Å². The highest BCUT2D eigenvalue weighted by Gasteiger charge is 2.22. The van der Waals surface area contributed by atoms with E-state index >= 15 is 0 Å². The number of primary amides is 1. The Morgan fingerprint density at radius 3 is 2.06 bits per heavy atom. The van der Waals surface area contributed by atoms with Crippen LogP contribution in [0.25, 0.3) is 0 Å². The molecule has 0 atom stereocenters. The molecule has 1 saturated heterocycles. The van der Waals surface area contributed by atoms with Gasteiger partial charge < -0.3 is 15.2 Å². The van der Waals surface area contributed by atoms with Gasteiger partial charge in [0.15, 0.2) is 11.5 Å². The van der Waals surface area contributed by atoms with Gasteiger partial charge in [0.1, 0.15) is 0 Å². The molecule has 2 aromatic carbocycles. The molecule has 0 aliphatic carbocycles. The maximum atomic E-state index is 11.4. The number of nitrogens with zero attached hydrogens (tertiary/aromatic N) is 3. The molecule has 0 radical (unpaired) electrons. The van der Waals surface area contributed by atoms with Crippen LogP contribution in [0.5, 0.6) is 11.5 Å². The van der Waals surface area contributed by atoms with Gasteiger partial charge in [-0.2, -0.15) is 0 Å². The average molecular weight is 428 g/mol. The van der Waals surface area contributed by atoms with Gasteiger partial charge in [-0.05, 0) is 36.2 Å². The van der Waals surface area contributed by atoms with E-state index in [1.54, 1.807) is 26.4 Å². The van der Waals surface area contributed by atoms with E-state index in [9.17, 15) is 14.9 Å². The topological polar surface area (TPSA) is 111 Å². The molecule has 1 amide bonds. The Morgan fingerprint density at radius 1 is 1.00 bits per heavy atom. The number of nitro groups is 1. The molecule has 1 heterocycles. The van der Waals surface area contributed by atoms with E-state index in [2.05, 4.69) is 16.7 Å². The quantitative estimate of drug-likeness (QED) is 0.507. The highest BCUT2D eigenvalue weighted by Crippen LogP contribution is 2.31. The van der Waals surface area contributed by atoms with Crippen molar-refractivity contribution in [1.82, 2.24) is 9.80 Å². The normalized spacial score (nSPS) is 14.9. The van der Waals surface area contributed by atoms with E-state index in [4.69, 9.17) is 15.2 Å². The molecule has 9 nitrogen and oxygen atoms in total. The summed E-state index contributed by atoms with van der Waals surface area (Å²) >= 11 is 0. The Balaban J connectivity index is 1.63. The van der Waals surface area contributed by atoms with Crippen LogP contribution in [0.15, 0.2) is 30.3 Å². The first-order valence-corrected chi connectivity index (χ1v) is 10.1. The molecule has 9 heteroatoms. The first kappa shape index (κ1) is 22.5. The smallest absolute Gasteiger partial charge is 0.274 e. The second kappa shape index (κ2) is 9.76. The lowest BCUT2D eigenvalue weighted by atomic mass is 10.1. The number of nitro benzene ring substituents is 1. The van der Waals surface area contributed by atoms with Crippen molar-refractivity contribution in [3.05, 3.63) is 62.7 Å². The van der Waals surface area contributed by atoms with Gasteiger partial charge in [-0.15, -0.1) is 0 Å². The maximum absolute atomic E-state index is 11.4. The minimum absolute atomic E-state index is 0.0697. The first-order chi connectivity index (χ1) is 14.8. The number of benzene rings is 2. The second-order valence-corrected chi connectivity index (χ2v) is 7.65. The average Bonchev–Trinajstić information content (AvgIpc) is 2.76. The number of aryl methyl sites for hydroxylation is 1. The van der Waals surface area contributed by atoms with E-state index in [1.807, 2.05) is 12.1 Å². The fourth-order valence-corrected chi connectivity index (χ4v) is 3.80. The van der Waals surface area contributed by atoms with Crippen LogP contribution in [0, 0.1) is 17.0 Å². The summed E-state index contributed by atoms with van der Waals surface area (Å²) in [6, 6.07) is 8.43. The van der Waals surface area contributed by atoms with Gasteiger partial charge in [-0.3, -0.25) is 24.7 Å². The van der Waals surface area contributed by atoms with Crippen LogP contribution in [-0.4, -0.2) is 61.0 Å². The molecule has 0 bridgehead atoms. The molecule has 2 aromatic rings. The van der Waals surface area contributed by atoms with Crippen LogP contribution in [-0.2, 0) is 13.1 Å². The highest BCUT2D eigenvalue weighted by atomic mass is 16.6. The molecule has 166 valence electrons. The predicted molar refractivity (Wildman–Crippen MR) is 116 cm³/mol. The van der Waals surface area contributed by atoms with Gasteiger partial charge in [0.25, 0.3) is 5.69 Å². The Labute approximate surface area is 181 Å². The zero-order valence-electron chi connectivity index (χ0n) is 18.1. The fraction of sp³-hybridized carbons (Fsp3) is 0.409. The molecule has 1 aliphatic heterocycles. The zero-order valence-corrected chi connectivity index (χ0v) is 18.1. The van der Waals surface area contributed by atoms with Crippen LogP contribution < -0.4 is 15.2 Å². The molecule has 3 rings (SSSR count). The molecular weight excluding hydrogens is 400 g/mol. The Kier molecular flexibility index (Phi) is 7.09. The summed E-state index contributed by atoms with van der Waals surface area (Å²) in [5.41, 5.74) is 8.23. The third-order valence-electron chi connectivity index (χ3n) is 5.66. The summed E-state index contributed by atoms with van der Waals surface area (Å²) in [5.74, 6) is 0.764. The van der Waals surface area contributed by atoms with Crippen molar-refractivity contribution < 1.29 is 19.2 Å². The number of piperazine rings is 1. The van der Waals surface area contributed by atoms with Gasteiger partial charge in [-0.1, -0.05) is 6.07 Å². The minimum Gasteiger partial charge on any atom is -0.493 e. The molecule has 0 saturated carbocycles. The summed E-state index contributed by atoms with van der Waals surface area (Å²) in [6.45, 7) is 6.60. The summed E-state index contributed by atoms with van der Waals surface area (Å²) in [6.07, 6.45) is 0. The summed E-state index contributed by atoms with van der Waals surface area (Å²) < 4.78 is 10.8. The largest absolute Gasteiger partial charge is 0.493 e. The Morgan fingerprint density at radius 2 is 1.55 bits per heavy atom. The van der Waals surface area contributed by atoms with Gasteiger partial charge in [0.2, 0.25) is 5.91 Å². The van der Waals surface area contributed by atoms with E-state index in [0.29, 0.717) is 17.9 Å².